The van der Waals surface area contributed by atoms with Crippen LogP contribution in [0.2, 0.25) is 0 Å². The normalized spacial score (nSPS) is 14.7. The van der Waals surface area contributed by atoms with Gasteiger partial charge in [-0.3, -0.25) is 4.57 Å². The third-order valence-electron chi connectivity index (χ3n) is 4.70. The molecule has 0 aliphatic carbocycles. The summed E-state index contributed by atoms with van der Waals surface area (Å²) in [4.78, 5) is 26.8. The molecule has 164 valence electrons. The molecule has 9 nitrogen and oxygen atoms in total. The Morgan fingerprint density at radius 1 is 1.30 bits per heavy atom. The SMILES string of the molecule is CCNC(=NCc1ccnc(-n2ccnc2)c1)NC1CCN(C(=O)OCC)CC1.I. The monoisotopic (exact) mass is 527 g/mol. The average Bonchev–Trinajstić information content (AvgIpc) is 3.28. The predicted octanol–water partition coefficient (Wildman–Crippen LogP) is 2.56. The van der Waals surface area contributed by atoms with Gasteiger partial charge in [0.15, 0.2) is 5.96 Å². The fourth-order valence-electron chi connectivity index (χ4n) is 3.20. The van der Waals surface area contributed by atoms with Crippen molar-refractivity contribution in [1.29, 1.82) is 0 Å². The highest BCUT2D eigenvalue weighted by Gasteiger charge is 2.24. The molecule has 1 aliphatic heterocycles. The molecule has 3 heterocycles. The van der Waals surface area contributed by atoms with E-state index in [0.29, 0.717) is 26.2 Å². The van der Waals surface area contributed by atoms with Gasteiger partial charge in [0.1, 0.15) is 12.1 Å². The van der Waals surface area contributed by atoms with E-state index in [-0.39, 0.29) is 36.1 Å². The van der Waals surface area contributed by atoms with Gasteiger partial charge in [0.2, 0.25) is 0 Å². The molecule has 2 aromatic heterocycles. The molecule has 1 saturated heterocycles. The lowest BCUT2D eigenvalue weighted by Crippen LogP contribution is -2.49. The molecule has 0 bridgehead atoms. The molecular formula is C20H30IN7O2. The van der Waals surface area contributed by atoms with Crippen molar-refractivity contribution in [3.8, 4) is 5.82 Å². The second kappa shape index (κ2) is 12.4. The molecule has 3 rings (SSSR count). The Morgan fingerprint density at radius 2 is 2.10 bits per heavy atom. The summed E-state index contributed by atoms with van der Waals surface area (Å²) in [6, 6.07) is 4.25. The smallest absolute Gasteiger partial charge is 0.409 e. The Kier molecular flexibility index (Phi) is 9.84. The highest BCUT2D eigenvalue weighted by atomic mass is 127. The Morgan fingerprint density at radius 3 is 2.77 bits per heavy atom. The fraction of sp³-hybridized carbons (Fsp3) is 0.500. The number of imidazole rings is 1. The molecule has 30 heavy (non-hydrogen) atoms. The minimum absolute atomic E-state index is 0. The maximum atomic E-state index is 11.8. The number of piperidine rings is 1. The number of carbonyl (C=O) groups is 1. The Balaban J connectivity index is 0.00000320. The molecule has 0 atom stereocenters. The zero-order valence-corrected chi connectivity index (χ0v) is 19.8. The van der Waals surface area contributed by atoms with Gasteiger partial charge in [-0.1, -0.05) is 0 Å². The van der Waals surface area contributed by atoms with Crippen LogP contribution in [0, 0.1) is 0 Å². The lowest BCUT2D eigenvalue weighted by molar-refractivity contribution is 0.0963. The third kappa shape index (κ3) is 6.85. The van der Waals surface area contributed by atoms with Crippen LogP contribution in [0.5, 0.6) is 0 Å². The molecule has 0 aromatic carbocycles. The van der Waals surface area contributed by atoms with E-state index in [1.165, 1.54) is 0 Å². The minimum atomic E-state index is -0.224. The van der Waals surface area contributed by atoms with Crippen LogP contribution in [-0.4, -0.2) is 63.8 Å². The van der Waals surface area contributed by atoms with Gasteiger partial charge < -0.3 is 20.3 Å². The summed E-state index contributed by atoms with van der Waals surface area (Å²) in [6.45, 7) is 6.98. The Labute approximate surface area is 194 Å². The Hall–Kier alpha value is -2.37. The minimum Gasteiger partial charge on any atom is -0.450 e. The third-order valence-corrected chi connectivity index (χ3v) is 4.70. The number of nitrogens with zero attached hydrogens (tertiary/aromatic N) is 5. The van der Waals surface area contributed by atoms with Crippen LogP contribution in [0.15, 0.2) is 42.0 Å². The predicted molar refractivity (Wildman–Crippen MR) is 126 cm³/mol. The van der Waals surface area contributed by atoms with Gasteiger partial charge in [-0.25, -0.2) is 19.8 Å². The van der Waals surface area contributed by atoms with Gasteiger partial charge in [-0.05, 0) is 44.4 Å². The van der Waals surface area contributed by atoms with Crippen molar-refractivity contribution in [3.63, 3.8) is 0 Å². The summed E-state index contributed by atoms with van der Waals surface area (Å²) in [6.07, 6.45) is 8.61. The molecule has 0 radical (unpaired) electrons. The van der Waals surface area contributed by atoms with Crippen molar-refractivity contribution in [2.24, 2.45) is 4.99 Å². The van der Waals surface area contributed by atoms with Crippen LogP contribution in [-0.2, 0) is 11.3 Å². The highest BCUT2D eigenvalue weighted by Crippen LogP contribution is 2.12. The number of aliphatic imine (C=N–C) groups is 1. The first-order valence-corrected chi connectivity index (χ1v) is 10.1. The molecule has 1 amide bonds. The maximum Gasteiger partial charge on any atom is 0.409 e. The van der Waals surface area contributed by atoms with Gasteiger partial charge in [-0.15, -0.1) is 24.0 Å². The summed E-state index contributed by atoms with van der Waals surface area (Å²) >= 11 is 0. The number of guanidine groups is 1. The number of carbonyl (C=O) groups excluding carboxylic acids is 1. The van der Waals surface area contributed by atoms with Crippen molar-refractivity contribution in [2.45, 2.75) is 39.3 Å². The fourth-order valence-corrected chi connectivity index (χ4v) is 3.20. The first-order valence-electron chi connectivity index (χ1n) is 10.1. The van der Waals surface area contributed by atoms with E-state index in [0.717, 1.165) is 36.7 Å². The van der Waals surface area contributed by atoms with Crippen molar-refractivity contribution in [2.75, 3.05) is 26.2 Å². The molecule has 0 saturated carbocycles. The van der Waals surface area contributed by atoms with E-state index in [2.05, 4.69) is 20.6 Å². The number of amides is 1. The second-order valence-corrected chi connectivity index (χ2v) is 6.79. The summed E-state index contributed by atoms with van der Waals surface area (Å²) in [5, 5.41) is 6.79. The van der Waals surface area contributed by atoms with Crippen LogP contribution in [0.1, 0.15) is 32.3 Å². The number of halogens is 1. The van der Waals surface area contributed by atoms with Crippen LogP contribution < -0.4 is 10.6 Å². The van der Waals surface area contributed by atoms with E-state index >= 15 is 0 Å². The van der Waals surface area contributed by atoms with E-state index < -0.39 is 0 Å². The lowest BCUT2D eigenvalue weighted by Gasteiger charge is -2.32. The standard InChI is InChI=1S/C20H29N7O2.HI/c1-3-22-19(25-17-6-10-26(11-7-17)20(28)29-4-2)24-14-16-5-8-23-18(13-16)27-12-9-21-15-27;/h5,8-9,12-13,15,17H,3-4,6-7,10-11,14H2,1-2H3,(H2,22,24,25);1H. The van der Waals surface area contributed by atoms with Crippen molar-refractivity contribution < 1.29 is 9.53 Å². The van der Waals surface area contributed by atoms with E-state index in [4.69, 9.17) is 9.73 Å². The van der Waals surface area contributed by atoms with Crippen LogP contribution in [0.25, 0.3) is 5.82 Å². The maximum absolute atomic E-state index is 11.8. The average molecular weight is 527 g/mol. The molecule has 10 heteroatoms. The number of nitrogens with one attached hydrogen (secondary N) is 2. The molecule has 0 unspecified atom stereocenters. The quantitative estimate of drug-likeness (QED) is 0.341. The number of hydrogen-bond donors (Lipinski definition) is 2. The largest absolute Gasteiger partial charge is 0.450 e. The Bertz CT molecular complexity index is 805. The number of ether oxygens (including phenoxy) is 1. The van der Waals surface area contributed by atoms with Gasteiger partial charge >= 0.3 is 6.09 Å². The van der Waals surface area contributed by atoms with Gasteiger partial charge in [0.05, 0.1) is 13.2 Å². The zero-order chi connectivity index (χ0) is 20.5. The first kappa shape index (κ1) is 23.9. The molecular weight excluding hydrogens is 497 g/mol. The highest BCUT2D eigenvalue weighted by molar-refractivity contribution is 14.0. The summed E-state index contributed by atoms with van der Waals surface area (Å²) in [7, 11) is 0. The van der Waals surface area contributed by atoms with Crippen molar-refractivity contribution >= 4 is 36.0 Å². The molecule has 2 N–H and O–H groups in total. The number of rotatable bonds is 6. The van der Waals surface area contributed by atoms with Crippen LogP contribution in [0.3, 0.4) is 0 Å². The second-order valence-electron chi connectivity index (χ2n) is 6.79. The van der Waals surface area contributed by atoms with E-state index in [1.54, 1.807) is 23.6 Å². The summed E-state index contributed by atoms with van der Waals surface area (Å²) in [5.74, 6) is 1.60. The summed E-state index contributed by atoms with van der Waals surface area (Å²) < 4.78 is 6.95. The first-order chi connectivity index (χ1) is 14.2. The van der Waals surface area contributed by atoms with Crippen molar-refractivity contribution in [3.05, 3.63) is 42.6 Å². The van der Waals surface area contributed by atoms with Gasteiger partial charge in [-0.2, -0.15) is 0 Å². The van der Waals surface area contributed by atoms with Crippen LogP contribution >= 0.6 is 24.0 Å². The van der Waals surface area contributed by atoms with Crippen molar-refractivity contribution in [1.82, 2.24) is 30.1 Å². The number of aromatic nitrogens is 3. The van der Waals surface area contributed by atoms with Crippen LogP contribution in [0.4, 0.5) is 4.79 Å². The number of likely N-dealkylation sites (tertiary alicyclic amines) is 1. The molecule has 1 aliphatic rings. The van der Waals surface area contributed by atoms with Gasteiger partial charge in [0, 0.05) is 44.3 Å². The number of pyridine rings is 1. The molecule has 1 fully saturated rings. The van der Waals surface area contributed by atoms with Gasteiger partial charge in [0.25, 0.3) is 0 Å². The zero-order valence-electron chi connectivity index (χ0n) is 17.5. The van der Waals surface area contributed by atoms with E-state index in [9.17, 15) is 4.79 Å². The molecule has 0 spiro atoms. The lowest BCUT2D eigenvalue weighted by atomic mass is 10.1. The molecule has 2 aromatic rings. The van der Waals surface area contributed by atoms with E-state index in [1.807, 2.05) is 36.7 Å². The topological polar surface area (TPSA) is 96.7 Å². The summed E-state index contributed by atoms with van der Waals surface area (Å²) in [5.41, 5.74) is 1.07. The number of hydrogen-bond acceptors (Lipinski definition) is 5.